The molecule has 4 nitrogen and oxygen atoms in total. The van der Waals surface area contributed by atoms with E-state index < -0.39 is 0 Å². The molecular weight excluding hydrogens is 375 g/mol. The van der Waals surface area contributed by atoms with Gasteiger partial charge in [-0.05, 0) is 32.0 Å². The summed E-state index contributed by atoms with van der Waals surface area (Å²) in [4.78, 5) is 17.1. The molecule has 28 heavy (non-hydrogen) atoms. The Morgan fingerprint density at radius 2 is 1.96 bits per heavy atom. The molecule has 0 spiro atoms. The zero-order valence-corrected chi connectivity index (χ0v) is 16.4. The third-order valence-corrected chi connectivity index (χ3v) is 5.56. The molecule has 4 aromatic rings. The number of aromatic nitrogens is 1. The fraction of sp³-hybridized carbons (Fsp3) is 0.182. The number of hydrogen-bond acceptors (Lipinski definition) is 4. The largest absolute Gasteiger partial charge is 0.451 e. The van der Waals surface area contributed by atoms with Gasteiger partial charge in [-0.25, -0.2) is 9.37 Å². The molecule has 0 saturated heterocycles. The van der Waals surface area contributed by atoms with E-state index in [1.54, 1.807) is 18.3 Å². The van der Waals surface area contributed by atoms with E-state index in [9.17, 15) is 9.18 Å². The zero-order chi connectivity index (χ0) is 19.7. The van der Waals surface area contributed by atoms with Gasteiger partial charge in [0, 0.05) is 34.9 Å². The van der Waals surface area contributed by atoms with Gasteiger partial charge >= 0.3 is 0 Å². The van der Waals surface area contributed by atoms with E-state index in [4.69, 9.17) is 4.42 Å². The summed E-state index contributed by atoms with van der Waals surface area (Å²) in [5, 5.41) is 6.46. The molecule has 6 heteroatoms. The van der Waals surface area contributed by atoms with E-state index in [1.165, 1.54) is 23.8 Å². The predicted octanol–water partition coefficient (Wildman–Crippen LogP) is 5.28. The van der Waals surface area contributed by atoms with Crippen LogP contribution in [0.1, 0.15) is 27.4 Å². The van der Waals surface area contributed by atoms with Crippen LogP contribution in [-0.2, 0) is 6.42 Å². The molecule has 142 valence electrons. The molecule has 0 saturated carbocycles. The van der Waals surface area contributed by atoms with Crippen molar-refractivity contribution in [1.29, 1.82) is 0 Å². The Hall–Kier alpha value is -2.99. The Labute approximate surface area is 166 Å². The van der Waals surface area contributed by atoms with Crippen molar-refractivity contribution in [3.8, 4) is 10.6 Å². The normalized spacial score (nSPS) is 11.1. The second-order valence-electron chi connectivity index (χ2n) is 6.71. The highest BCUT2D eigenvalue weighted by Gasteiger charge is 2.17. The van der Waals surface area contributed by atoms with Crippen LogP contribution in [0.3, 0.4) is 0 Å². The molecule has 0 bridgehead atoms. The van der Waals surface area contributed by atoms with Gasteiger partial charge in [-0.3, -0.25) is 4.79 Å². The lowest BCUT2D eigenvalue weighted by Gasteiger charge is -2.02. The van der Waals surface area contributed by atoms with Crippen molar-refractivity contribution >= 4 is 28.2 Å². The number of fused-ring (bicyclic) bond motifs is 1. The molecule has 2 aromatic heterocycles. The first-order valence-corrected chi connectivity index (χ1v) is 9.87. The van der Waals surface area contributed by atoms with Crippen molar-refractivity contribution in [3.63, 3.8) is 0 Å². The van der Waals surface area contributed by atoms with Crippen LogP contribution in [0.25, 0.3) is 21.5 Å². The summed E-state index contributed by atoms with van der Waals surface area (Å²) >= 11 is 1.59. The number of rotatable bonds is 5. The second-order valence-corrected chi connectivity index (χ2v) is 7.57. The van der Waals surface area contributed by atoms with Gasteiger partial charge in [0.05, 0.1) is 5.69 Å². The van der Waals surface area contributed by atoms with Crippen LogP contribution in [0.2, 0.25) is 0 Å². The molecule has 2 heterocycles. The standard InChI is InChI=1S/C22H19FN2O2S/c1-13-3-5-15(6-4-13)22-25-17(12-28-22)9-10-24-21(26)20-14(2)18-11-16(23)7-8-19(18)27-20/h3-8,11-12H,9-10H2,1-2H3,(H,24,26). The van der Waals surface area contributed by atoms with Crippen molar-refractivity contribution in [2.24, 2.45) is 0 Å². The molecular formula is C22H19FN2O2S. The van der Waals surface area contributed by atoms with Crippen LogP contribution in [0.4, 0.5) is 4.39 Å². The fourth-order valence-corrected chi connectivity index (χ4v) is 3.90. The molecule has 0 radical (unpaired) electrons. The maximum atomic E-state index is 13.4. The highest BCUT2D eigenvalue weighted by atomic mass is 32.1. The molecule has 2 aromatic carbocycles. The molecule has 0 atom stereocenters. The van der Waals surface area contributed by atoms with Gasteiger partial charge < -0.3 is 9.73 Å². The molecule has 0 aliphatic heterocycles. The topological polar surface area (TPSA) is 55.1 Å². The summed E-state index contributed by atoms with van der Waals surface area (Å²) in [7, 11) is 0. The van der Waals surface area contributed by atoms with Gasteiger partial charge in [-0.1, -0.05) is 29.8 Å². The number of halogens is 1. The number of amides is 1. The van der Waals surface area contributed by atoms with Crippen molar-refractivity contribution in [2.75, 3.05) is 6.54 Å². The number of thiazole rings is 1. The lowest BCUT2D eigenvalue weighted by Crippen LogP contribution is -2.25. The highest BCUT2D eigenvalue weighted by molar-refractivity contribution is 7.13. The van der Waals surface area contributed by atoms with Crippen LogP contribution in [-0.4, -0.2) is 17.4 Å². The zero-order valence-electron chi connectivity index (χ0n) is 15.6. The Morgan fingerprint density at radius 3 is 2.75 bits per heavy atom. The van der Waals surface area contributed by atoms with Gasteiger partial charge in [0.2, 0.25) is 0 Å². The van der Waals surface area contributed by atoms with E-state index >= 15 is 0 Å². The average molecular weight is 394 g/mol. The van der Waals surface area contributed by atoms with Crippen LogP contribution in [0, 0.1) is 19.7 Å². The molecule has 0 unspecified atom stereocenters. The van der Waals surface area contributed by atoms with Crippen LogP contribution in [0.5, 0.6) is 0 Å². The third-order valence-electron chi connectivity index (χ3n) is 4.62. The highest BCUT2D eigenvalue weighted by Crippen LogP contribution is 2.26. The molecule has 0 fully saturated rings. The predicted molar refractivity (Wildman–Crippen MR) is 109 cm³/mol. The maximum Gasteiger partial charge on any atom is 0.287 e. The van der Waals surface area contributed by atoms with Gasteiger partial charge in [-0.15, -0.1) is 11.3 Å². The van der Waals surface area contributed by atoms with E-state index in [2.05, 4.69) is 41.5 Å². The summed E-state index contributed by atoms with van der Waals surface area (Å²) in [6, 6.07) is 12.5. The summed E-state index contributed by atoms with van der Waals surface area (Å²) in [5.41, 5.74) is 4.39. The van der Waals surface area contributed by atoms with E-state index in [0.29, 0.717) is 29.5 Å². The summed E-state index contributed by atoms with van der Waals surface area (Å²) < 4.78 is 19.0. The number of nitrogens with one attached hydrogen (secondary N) is 1. The van der Waals surface area contributed by atoms with Crippen LogP contribution < -0.4 is 5.32 Å². The van der Waals surface area contributed by atoms with Crippen molar-refractivity contribution in [3.05, 3.63) is 76.2 Å². The Bertz CT molecular complexity index is 1150. The number of hydrogen-bond donors (Lipinski definition) is 1. The van der Waals surface area contributed by atoms with E-state index in [-0.39, 0.29) is 17.5 Å². The number of carbonyl (C=O) groups is 1. The number of furan rings is 1. The Balaban J connectivity index is 1.40. The second kappa shape index (κ2) is 7.56. The number of benzene rings is 2. The lowest BCUT2D eigenvalue weighted by atomic mass is 10.1. The molecule has 0 aliphatic carbocycles. The SMILES string of the molecule is Cc1ccc(-c2nc(CCNC(=O)c3oc4ccc(F)cc4c3C)cs2)cc1. The Kier molecular flexibility index (Phi) is 4.96. The number of aryl methyl sites for hydroxylation is 2. The average Bonchev–Trinajstić information content (AvgIpc) is 3.28. The van der Waals surface area contributed by atoms with Gasteiger partial charge in [-0.2, -0.15) is 0 Å². The minimum Gasteiger partial charge on any atom is -0.451 e. The van der Waals surface area contributed by atoms with E-state index in [0.717, 1.165) is 16.3 Å². The molecule has 1 amide bonds. The van der Waals surface area contributed by atoms with E-state index in [1.807, 2.05) is 5.38 Å². The first-order chi connectivity index (χ1) is 13.5. The van der Waals surface area contributed by atoms with Crippen molar-refractivity contribution < 1.29 is 13.6 Å². The monoisotopic (exact) mass is 394 g/mol. The molecule has 0 aliphatic rings. The summed E-state index contributed by atoms with van der Waals surface area (Å²) in [6.45, 7) is 4.26. The summed E-state index contributed by atoms with van der Waals surface area (Å²) in [6.07, 6.45) is 0.627. The van der Waals surface area contributed by atoms with Crippen molar-refractivity contribution in [1.82, 2.24) is 10.3 Å². The van der Waals surface area contributed by atoms with Gasteiger partial charge in [0.25, 0.3) is 5.91 Å². The fourth-order valence-electron chi connectivity index (χ4n) is 3.04. The van der Waals surface area contributed by atoms with Gasteiger partial charge in [0.1, 0.15) is 16.4 Å². The number of carbonyl (C=O) groups excluding carboxylic acids is 1. The van der Waals surface area contributed by atoms with Crippen LogP contribution >= 0.6 is 11.3 Å². The minimum atomic E-state index is -0.351. The molecule has 1 N–H and O–H groups in total. The molecule has 4 rings (SSSR count). The smallest absolute Gasteiger partial charge is 0.287 e. The first-order valence-electron chi connectivity index (χ1n) is 8.99. The maximum absolute atomic E-state index is 13.4. The Morgan fingerprint density at radius 1 is 1.18 bits per heavy atom. The minimum absolute atomic E-state index is 0.222. The third kappa shape index (κ3) is 3.68. The first kappa shape index (κ1) is 18.4. The van der Waals surface area contributed by atoms with Gasteiger partial charge in [0.15, 0.2) is 5.76 Å². The quantitative estimate of drug-likeness (QED) is 0.501. The number of nitrogens with zero attached hydrogens (tertiary/aromatic N) is 1. The lowest BCUT2D eigenvalue weighted by molar-refractivity contribution is 0.0927. The summed E-state index contributed by atoms with van der Waals surface area (Å²) in [5.74, 6) is -0.432. The van der Waals surface area contributed by atoms with Crippen LogP contribution in [0.15, 0.2) is 52.3 Å². The van der Waals surface area contributed by atoms with Crippen molar-refractivity contribution in [2.45, 2.75) is 20.3 Å².